The van der Waals surface area contributed by atoms with Crippen LogP contribution in [-0.4, -0.2) is 23.7 Å². The molecule has 4 nitrogen and oxygen atoms in total. The molecule has 4 aliphatic carbocycles. The molecule has 0 aromatic heterocycles. The molecule has 0 amide bonds. The highest BCUT2D eigenvalue weighted by molar-refractivity contribution is 5.93. The minimum atomic E-state index is -0.726. The van der Waals surface area contributed by atoms with Crippen molar-refractivity contribution in [2.45, 2.75) is 52.9 Å². The molecule has 0 aromatic rings. The molecular formula is C22H30O4. The number of carbonyl (C=O) groups excluding carboxylic acids is 2. The lowest BCUT2D eigenvalue weighted by Crippen LogP contribution is -2.49. The summed E-state index contributed by atoms with van der Waals surface area (Å²) in [4.78, 5) is 26.5. The van der Waals surface area contributed by atoms with E-state index in [0.717, 1.165) is 19.3 Å². The topological polar surface area (TPSA) is 63.6 Å². The third-order valence-corrected chi connectivity index (χ3v) is 7.75. The number of esters is 2. The molecule has 4 aliphatic rings. The van der Waals surface area contributed by atoms with E-state index in [2.05, 4.69) is 45.1 Å². The van der Waals surface area contributed by atoms with Crippen molar-refractivity contribution in [1.82, 2.24) is 0 Å². The Bertz CT molecular complexity index is 685. The molecule has 0 aliphatic heterocycles. The highest BCUT2D eigenvalue weighted by Gasteiger charge is 2.62. The van der Waals surface area contributed by atoms with Crippen molar-refractivity contribution in [3.8, 4) is 0 Å². The van der Waals surface area contributed by atoms with Gasteiger partial charge in [0, 0.05) is 6.61 Å². The number of hydrogen-bond acceptors (Lipinski definition) is 4. The summed E-state index contributed by atoms with van der Waals surface area (Å²) in [5, 5.41) is 9.55. The second-order valence-electron chi connectivity index (χ2n) is 9.91. The Kier molecular flexibility index (Phi) is 4.00. The van der Waals surface area contributed by atoms with Gasteiger partial charge in [-0.15, -0.1) is 0 Å². The van der Waals surface area contributed by atoms with E-state index in [4.69, 9.17) is 4.74 Å². The lowest BCUT2D eigenvalue weighted by atomic mass is 9.59. The Morgan fingerprint density at radius 2 is 1.62 bits per heavy atom. The molecular weight excluding hydrogens is 328 g/mol. The minimum Gasteiger partial charge on any atom is -0.396 e. The lowest BCUT2D eigenvalue weighted by Gasteiger charge is -2.44. The van der Waals surface area contributed by atoms with E-state index in [1.54, 1.807) is 0 Å². The Hall–Kier alpha value is -1.42. The molecule has 142 valence electrons. The van der Waals surface area contributed by atoms with Crippen molar-refractivity contribution < 1.29 is 19.4 Å². The Labute approximate surface area is 155 Å². The van der Waals surface area contributed by atoms with Gasteiger partial charge in [-0.05, 0) is 61.2 Å². The SMILES string of the molecule is CC(C)(C)C1(C(=O)OC(=O)C2(CCO)CC3C=CC2C3)CC2C=CC1C2. The van der Waals surface area contributed by atoms with E-state index in [1.807, 2.05) is 0 Å². The van der Waals surface area contributed by atoms with Crippen LogP contribution in [-0.2, 0) is 14.3 Å². The third kappa shape index (κ3) is 2.30. The first-order chi connectivity index (χ1) is 12.2. The molecule has 4 rings (SSSR count). The predicted octanol–water partition coefficient (Wildman–Crippen LogP) is 3.65. The standard InChI is InChI=1S/C22H30O4/c1-20(2,3)22(13-15-5-7-17(22)11-15)19(25)26-18(24)21(8-9-23)12-14-4-6-16(21)10-14/h4-7,14-17,23H,8-13H2,1-3H3. The van der Waals surface area contributed by atoms with E-state index >= 15 is 0 Å². The van der Waals surface area contributed by atoms with Crippen LogP contribution in [0, 0.1) is 39.9 Å². The number of hydrogen-bond donors (Lipinski definition) is 1. The van der Waals surface area contributed by atoms with E-state index in [0.29, 0.717) is 24.7 Å². The van der Waals surface area contributed by atoms with Crippen LogP contribution in [0.25, 0.3) is 0 Å². The summed E-state index contributed by atoms with van der Waals surface area (Å²) in [5.41, 5.74) is -1.63. The fourth-order valence-corrected chi connectivity index (χ4v) is 6.32. The van der Waals surface area contributed by atoms with E-state index in [-0.39, 0.29) is 29.8 Å². The van der Waals surface area contributed by atoms with Crippen molar-refractivity contribution in [2.75, 3.05) is 6.61 Å². The van der Waals surface area contributed by atoms with Crippen molar-refractivity contribution in [3.63, 3.8) is 0 Å². The molecule has 6 unspecified atom stereocenters. The zero-order chi connectivity index (χ0) is 18.7. The summed E-state index contributed by atoms with van der Waals surface area (Å²) in [6.07, 6.45) is 12.3. The highest BCUT2D eigenvalue weighted by Crippen LogP contribution is 2.61. The lowest BCUT2D eigenvalue weighted by molar-refractivity contribution is -0.182. The molecule has 4 heteroatoms. The molecule has 26 heavy (non-hydrogen) atoms. The van der Waals surface area contributed by atoms with Gasteiger partial charge < -0.3 is 9.84 Å². The minimum absolute atomic E-state index is 0.0573. The first-order valence-electron chi connectivity index (χ1n) is 9.97. The first-order valence-corrected chi connectivity index (χ1v) is 9.97. The molecule has 0 heterocycles. The zero-order valence-corrected chi connectivity index (χ0v) is 16.0. The maximum absolute atomic E-state index is 13.4. The number of rotatable bonds is 4. The smallest absolute Gasteiger partial charge is 0.320 e. The normalized spacial score (nSPS) is 42.6. The summed E-state index contributed by atoms with van der Waals surface area (Å²) in [5.74, 6) is 0.265. The van der Waals surface area contributed by atoms with Gasteiger partial charge in [0.2, 0.25) is 0 Å². The molecule has 2 saturated carbocycles. The first kappa shape index (κ1) is 18.0. The quantitative estimate of drug-likeness (QED) is 0.473. The van der Waals surface area contributed by atoms with Crippen LogP contribution in [0.3, 0.4) is 0 Å². The monoisotopic (exact) mass is 358 g/mol. The van der Waals surface area contributed by atoms with Gasteiger partial charge in [0.1, 0.15) is 0 Å². The predicted molar refractivity (Wildman–Crippen MR) is 97.8 cm³/mol. The summed E-state index contributed by atoms with van der Waals surface area (Å²) in [6, 6.07) is 0. The molecule has 4 bridgehead atoms. The summed E-state index contributed by atoms with van der Waals surface area (Å²) in [7, 11) is 0. The maximum atomic E-state index is 13.4. The molecule has 0 aromatic carbocycles. The van der Waals surface area contributed by atoms with Gasteiger partial charge in [-0.2, -0.15) is 0 Å². The summed E-state index contributed by atoms with van der Waals surface area (Å²) in [6.45, 7) is 6.18. The van der Waals surface area contributed by atoms with Gasteiger partial charge in [0.05, 0.1) is 10.8 Å². The molecule has 1 N–H and O–H groups in total. The van der Waals surface area contributed by atoms with Crippen LogP contribution in [0.1, 0.15) is 52.9 Å². The Morgan fingerprint density at radius 1 is 1.00 bits per heavy atom. The van der Waals surface area contributed by atoms with Crippen molar-refractivity contribution in [2.24, 2.45) is 39.9 Å². The maximum Gasteiger partial charge on any atom is 0.320 e. The van der Waals surface area contributed by atoms with Crippen LogP contribution in [0.4, 0.5) is 0 Å². The molecule has 2 fully saturated rings. The zero-order valence-electron chi connectivity index (χ0n) is 16.0. The van der Waals surface area contributed by atoms with Crippen LogP contribution in [0.2, 0.25) is 0 Å². The van der Waals surface area contributed by atoms with Gasteiger partial charge in [0.15, 0.2) is 0 Å². The van der Waals surface area contributed by atoms with Crippen molar-refractivity contribution in [1.29, 1.82) is 0 Å². The number of fused-ring (bicyclic) bond motifs is 4. The van der Waals surface area contributed by atoms with Gasteiger partial charge >= 0.3 is 11.9 Å². The van der Waals surface area contributed by atoms with Gasteiger partial charge in [-0.25, -0.2) is 0 Å². The number of carbonyl (C=O) groups is 2. The second kappa shape index (κ2) is 5.79. The average Bonchev–Trinajstić information content (AvgIpc) is 3.33. The summed E-state index contributed by atoms with van der Waals surface area (Å²) < 4.78 is 5.65. The van der Waals surface area contributed by atoms with Crippen LogP contribution >= 0.6 is 0 Å². The molecule has 6 atom stereocenters. The van der Waals surface area contributed by atoms with Crippen molar-refractivity contribution >= 4 is 11.9 Å². The number of aliphatic hydroxyl groups excluding tert-OH is 1. The number of allylic oxidation sites excluding steroid dienone is 4. The van der Waals surface area contributed by atoms with Gasteiger partial charge in [-0.1, -0.05) is 45.1 Å². The summed E-state index contributed by atoms with van der Waals surface area (Å²) >= 11 is 0. The largest absolute Gasteiger partial charge is 0.396 e. The van der Waals surface area contributed by atoms with Crippen LogP contribution in [0.15, 0.2) is 24.3 Å². The fourth-order valence-electron chi connectivity index (χ4n) is 6.32. The van der Waals surface area contributed by atoms with E-state index < -0.39 is 16.8 Å². The molecule has 0 radical (unpaired) electrons. The van der Waals surface area contributed by atoms with Gasteiger partial charge in [0.25, 0.3) is 0 Å². The van der Waals surface area contributed by atoms with E-state index in [9.17, 15) is 14.7 Å². The van der Waals surface area contributed by atoms with Crippen LogP contribution < -0.4 is 0 Å². The van der Waals surface area contributed by atoms with Crippen LogP contribution in [0.5, 0.6) is 0 Å². The third-order valence-electron chi connectivity index (χ3n) is 7.75. The van der Waals surface area contributed by atoms with Crippen molar-refractivity contribution in [3.05, 3.63) is 24.3 Å². The fraction of sp³-hybridized carbons (Fsp3) is 0.727. The average molecular weight is 358 g/mol. The Balaban J connectivity index is 1.60. The Morgan fingerprint density at radius 3 is 2.04 bits per heavy atom. The second-order valence-corrected chi connectivity index (χ2v) is 9.91. The van der Waals surface area contributed by atoms with E-state index in [1.165, 1.54) is 0 Å². The number of ether oxygens (including phenoxy) is 1. The molecule has 0 spiro atoms. The molecule has 0 saturated heterocycles. The van der Waals surface area contributed by atoms with Gasteiger partial charge in [-0.3, -0.25) is 9.59 Å². The number of aliphatic hydroxyl groups is 1. The highest BCUT2D eigenvalue weighted by atomic mass is 16.6.